The number of hydrogen-bond acceptors (Lipinski definition) is 4. The minimum atomic E-state index is -0.451. The number of ether oxygens (including phenoxy) is 3. The van der Waals surface area contributed by atoms with Gasteiger partial charge in [-0.05, 0) is 42.3 Å². The molecule has 0 aliphatic heterocycles. The van der Waals surface area contributed by atoms with Gasteiger partial charge < -0.3 is 14.2 Å². The first-order valence-corrected chi connectivity index (χ1v) is 7.06. The third-order valence-corrected chi connectivity index (χ3v) is 3.53. The fraction of sp³-hybridized carbons (Fsp3) is 0.278. The Bertz CT molecular complexity index is 619. The van der Waals surface area contributed by atoms with Gasteiger partial charge in [0, 0.05) is 0 Å². The third kappa shape index (κ3) is 3.79. The lowest BCUT2D eigenvalue weighted by Gasteiger charge is -2.18. The average Bonchev–Trinajstić information content (AvgIpc) is 2.56. The largest absolute Gasteiger partial charge is 0.497 e. The highest BCUT2D eigenvalue weighted by Crippen LogP contribution is 2.24. The Labute approximate surface area is 130 Å². The van der Waals surface area contributed by atoms with Crippen molar-refractivity contribution in [3.05, 3.63) is 59.7 Å². The molecule has 4 nitrogen and oxygen atoms in total. The molecule has 0 fully saturated rings. The van der Waals surface area contributed by atoms with E-state index in [4.69, 9.17) is 14.2 Å². The zero-order valence-corrected chi connectivity index (χ0v) is 13.0. The molecule has 2 aromatic rings. The minimum absolute atomic E-state index is 0.226. The van der Waals surface area contributed by atoms with Gasteiger partial charge in [-0.15, -0.1) is 0 Å². The molecule has 22 heavy (non-hydrogen) atoms. The maximum absolute atomic E-state index is 12.1. The lowest BCUT2D eigenvalue weighted by Crippen LogP contribution is -2.22. The number of hydrogen-bond donors (Lipinski definition) is 0. The summed E-state index contributed by atoms with van der Waals surface area (Å²) in [4.78, 5) is 12.1. The monoisotopic (exact) mass is 300 g/mol. The number of rotatable bonds is 6. The first-order chi connectivity index (χ1) is 10.7. The molecule has 0 spiro atoms. The normalized spacial score (nSPS) is 11.6. The van der Waals surface area contributed by atoms with Crippen molar-refractivity contribution in [3.63, 3.8) is 0 Å². The van der Waals surface area contributed by atoms with Crippen LogP contribution in [-0.2, 0) is 9.53 Å². The van der Waals surface area contributed by atoms with Crippen molar-refractivity contribution in [3.8, 4) is 11.5 Å². The molecule has 1 unspecified atom stereocenters. The highest BCUT2D eigenvalue weighted by Gasteiger charge is 2.23. The summed E-state index contributed by atoms with van der Waals surface area (Å²) in [7, 11) is 3.00. The SMILES string of the molecule is COC(=O)C(COc1ccc(OC)cc1)c1ccccc1C. The van der Waals surface area contributed by atoms with Crippen LogP contribution in [0.1, 0.15) is 17.0 Å². The van der Waals surface area contributed by atoms with Crippen LogP contribution in [0.2, 0.25) is 0 Å². The number of methoxy groups -OCH3 is 2. The molecule has 0 saturated heterocycles. The van der Waals surface area contributed by atoms with Gasteiger partial charge in [0.05, 0.1) is 14.2 Å². The van der Waals surface area contributed by atoms with E-state index in [0.29, 0.717) is 5.75 Å². The maximum atomic E-state index is 12.1. The van der Waals surface area contributed by atoms with Crippen LogP contribution in [-0.4, -0.2) is 26.8 Å². The number of carbonyl (C=O) groups excluding carboxylic acids is 1. The third-order valence-electron chi connectivity index (χ3n) is 3.53. The summed E-state index contributed by atoms with van der Waals surface area (Å²) >= 11 is 0. The van der Waals surface area contributed by atoms with Crippen molar-refractivity contribution < 1.29 is 19.0 Å². The fourth-order valence-electron chi connectivity index (χ4n) is 2.26. The van der Waals surface area contributed by atoms with Crippen LogP contribution >= 0.6 is 0 Å². The predicted molar refractivity (Wildman–Crippen MR) is 84.4 cm³/mol. The Kier molecular flexibility index (Phi) is 5.42. The fourth-order valence-corrected chi connectivity index (χ4v) is 2.26. The molecule has 0 radical (unpaired) electrons. The van der Waals surface area contributed by atoms with Gasteiger partial charge in [0.25, 0.3) is 0 Å². The van der Waals surface area contributed by atoms with Crippen LogP contribution in [0, 0.1) is 6.92 Å². The van der Waals surface area contributed by atoms with E-state index in [1.807, 2.05) is 55.5 Å². The van der Waals surface area contributed by atoms with Gasteiger partial charge in [-0.1, -0.05) is 24.3 Å². The van der Waals surface area contributed by atoms with Crippen molar-refractivity contribution >= 4 is 5.97 Å². The summed E-state index contributed by atoms with van der Waals surface area (Å²) < 4.78 is 15.8. The predicted octanol–water partition coefficient (Wildman–Crippen LogP) is 3.34. The lowest BCUT2D eigenvalue weighted by atomic mass is 9.95. The molecule has 0 amide bonds. The molecule has 0 bridgehead atoms. The second kappa shape index (κ2) is 7.50. The second-order valence-electron chi connectivity index (χ2n) is 4.92. The molecule has 0 N–H and O–H groups in total. The molecule has 116 valence electrons. The van der Waals surface area contributed by atoms with Gasteiger partial charge in [-0.2, -0.15) is 0 Å². The van der Waals surface area contributed by atoms with E-state index in [1.165, 1.54) is 7.11 Å². The summed E-state index contributed by atoms with van der Waals surface area (Å²) in [5, 5.41) is 0. The van der Waals surface area contributed by atoms with Crippen LogP contribution in [0.5, 0.6) is 11.5 Å². The van der Waals surface area contributed by atoms with Crippen LogP contribution in [0.25, 0.3) is 0 Å². The first-order valence-electron chi connectivity index (χ1n) is 7.06. The van der Waals surface area contributed by atoms with Gasteiger partial charge >= 0.3 is 5.97 Å². The summed E-state index contributed by atoms with van der Waals surface area (Å²) in [5.74, 6) is 0.690. The first kappa shape index (κ1) is 15.9. The molecule has 2 aromatic carbocycles. The van der Waals surface area contributed by atoms with Crippen LogP contribution in [0.15, 0.2) is 48.5 Å². The van der Waals surface area contributed by atoms with E-state index in [2.05, 4.69) is 0 Å². The van der Waals surface area contributed by atoms with Crippen molar-refractivity contribution in [2.75, 3.05) is 20.8 Å². The average molecular weight is 300 g/mol. The molecule has 0 aliphatic carbocycles. The minimum Gasteiger partial charge on any atom is -0.497 e. The molecule has 2 rings (SSSR count). The molecular formula is C18H20O4. The molecule has 0 saturated carbocycles. The zero-order valence-electron chi connectivity index (χ0n) is 13.0. The number of aryl methyl sites for hydroxylation is 1. The Morgan fingerprint density at radius 3 is 2.23 bits per heavy atom. The van der Waals surface area contributed by atoms with Crippen LogP contribution in [0.4, 0.5) is 0 Å². The van der Waals surface area contributed by atoms with Crippen LogP contribution < -0.4 is 9.47 Å². The maximum Gasteiger partial charge on any atom is 0.316 e. The molecule has 1 atom stereocenters. The Morgan fingerprint density at radius 2 is 1.64 bits per heavy atom. The Morgan fingerprint density at radius 1 is 1.00 bits per heavy atom. The number of carbonyl (C=O) groups is 1. The van der Waals surface area contributed by atoms with Gasteiger partial charge in [0.15, 0.2) is 0 Å². The van der Waals surface area contributed by atoms with E-state index in [0.717, 1.165) is 16.9 Å². The number of benzene rings is 2. The highest BCUT2D eigenvalue weighted by atomic mass is 16.5. The standard InChI is InChI=1S/C18H20O4/c1-13-6-4-5-7-16(13)17(18(19)21-3)12-22-15-10-8-14(20-2)9-11-15/h4-11,17H,12H2,1-3H3. The van der Waals surface area contributed by atoms with E-state index in [-0.39, 0.29) is 12.6 Å². The molecule has 0 aliphatic rings. The Balaban J connectivity index is 2.13. The van der Waals surface area contributed by atoms with Gasteiger partial charge in [-0.25, -0.2) is 0 Å². The van der Waals surface area contributed by atoms with Crippen molar-refractivity contribution in [2.24, 2.45) is 0 Å². The summed E-state index contributed by atoms with van der Waals surface area (Å²) in [5.41, 5.74) is 1.96. The lowest BCUT2D eigenvalue weighted by molar-refractivity contribution is -0.143. The van der Waals surface area contributed by atoms with Crippen molar-refractivity contribution in [1.29, 1.82) is 0 Å². The smallest absolute Gasteiger partial charge is 0.316 e. The highest BCUT2D eigenvalue weighted by molar-refractivity contribution is 5.78. The van der Waals surface area contributed by atoms with Gasteiger partial charge in [-0.3, -0.25) is 4.79 Å². The molecular weight excluding hydrogens is 280 g/mol. The zero-order chi connectivity index (χ0) is 15.9. The Hall–Kier alpha value is -2.49. The number of esters is 1. The van der Waals surface area contributed by atoms with E-state index in [9.17, 15) is 4.79 Å². The van der Waals surface area contributed by atoms with Gasteiger partial charge in [0.2, 0.25) is 0 Å². The quantitative estimate of drug-likeness (QED) is 0.768. The summed E-state index contributed by atoms with van der Waals surface area (Å²) in [6.45, 7) is 2.20. The molecule has 0 aromatic heterocycles. The summed E-state index contributed by atoms with van der Waals surface area (Å²) in [6.07, 6.45) is 0. The molecule has 4 heteroatoms. The van der Waals surface area contributed by atoms with Crippen LogP contribution in [0.3, 0.4) is 0 Å². The molecule has 0 heterocycles. The second-order valence-corrected chi connectivity index (χ2v) is 4.92. The van der Waals surface area contributed by atoms with E-state index >= 15 is 0 Å². The van der Waals surface area contributed by atoms with E-state index in [1.54, 1.807) is 7.11 Å². The summed E-state index contributed by atoms with van der Waals surface area (Å²) in [6, 6.07) is 15.0. The van der Waals surface area contributed by atoms with Crippen molar-refractivity contribution in [2.45, 2.75) is 12.8 Å². The topological polar surface area (TPSA) is 44.8 Å². The van der Waals surface area contributed by atoms with E-state index < -0.39 is 5.92 Å². The van der Waals surface area contributed by atoms with Crippen molar-refractivity contribution in [1.82, 2.24) is 0 Å². The van der Waals surface area contributed by atoms with Gasteiger partial charge in [0.1, 0.15) is 24.0 Å².